The number of nitrogens with zero attached hydrogens (tertiary/aromatic N) is 2. The predicted octanol–water partition coefficient (Wildman–Crippen LogP) is 2.77. The predicted molar refractivity (Wildman–Crippen MR) is 98.8 cm³/mol. The number of hydrogen-bond acceptors (Lipinski definition) is 3. The Kier molecular flexibility index (Phi) is 6.59. The van der Waals surface area contributed by atoms with Crippen molar-refractivity contribution < 1.29 is 22.8 Å². The Bertz CT molecular complexity index is 694. The van der Waals surface area contributed by atoms with Crippen molar-refractivity contribution >= 4 is 11.8 Å². The van der Waals surface area contributed by atoms with Crippen LogP contribution in [0.5, 0.6) is 0 Å². The first kappa shape index (κ1) is 20.6. The molecule has 2 heterocycles. The van der Waals surface area contributed by atoms with Gasteiger partial charge in [-0.15, -0.1) is 0 Å². The molecule has 1 aromatic rings. The van der Waals surface area contributed by atoms with Gasteiger partial charge in [-0.3, -0.25) is 9.59 Å². The van der Waals surface area contributed by atoms with E-state index in [4.69, 9.17) is 0 Å². The zero-order chi connectivity index (χ0) is 20.1. The molecule has 0 spiro atoms. The lowest BCUT2D eigenvalue weighted by Crippen LogP contribution is -2.50. The molecule has 0 unspecified atom stereocenters. The number of rotatable bonds is 4. The average molecular weight is 397 g/mol. The second-order valence-corrected chi connectivity index (χ2v) is 7.48. The molecular weight excluding hydrogens is 371 g/mol. The summed E-state index contributed by atoms with van der Waals surface area (Å²) in [5, 5.41) is 3.31. The van der Waals surface area contributed by atoms with E-state index in [9.17, 15) is 22.8 Å². The quantitative estimate of drug-likeness (QED) is 0.850. The molecule has 0 radical (unpaired) electrons. The number of benzene rings is 1. The van der Waals surface area contributed by atoms with Crippen molar-refractivity contribution in [1.82, 2.24) is 15.1 Å². The topological polar surface area (TPSA) is 52.7 Å². The van der Waals surface area contributed by atoms with E-state index in [2.05, 4.69) is 5.32 Å². The molecule has 0 aliphatic carbocycles. The maximum Gasteiger partial charge on any atom is 0.416 e. The van der Waals surface area contributed by atoms with E-state index in [1.165, 1.54) is 17.0 Å². The molecule has 1 N–H and O–H groups in total. The van der Waals surface area contributed by atoms with Gasteiger partial charge < -0.3 is 15.1 Å². The maximum absolute atomic E-state index is 12.8. The molecule has 154 valence electrons. The highest BCUT2D eigenvalue weighted by Crippen LogP contribution is 2.29. The van der Waals surface area contributed by atoms with Gasteiger partial charge in [0, 0.05) is 38.2 Å². The van der Waals surface area contributed by atoms with Crippen LogP contribution in [-0.4, -0.2) is 60.9 Å². The molecule has 28 heavy (non-hydrogen) atoms. The van der Waals surface area contributed by atoms with Crippen molar-refractivity contribution in [1.29, 1.82) is 0 Å². The van der Waals surface area contributed by atoms with Crippen LogP contribution in [0.3, 0.4) is 0 Å². The molecule has 2 aliphatic rings. The van der Waals surface area contributed by atoms with E-state index in [0.29, 0.717) is 38.5 Å². The van der Waals surface area contributed by atoms with Crippen LogP contribution in [0.15, 0.2) is 24.3 Å². The number of piperidine rings is 1. The number of alkyl halides is 3. The molecule has 0 saturated carbocycles. The zero-order valence-corrected chi connectivity index (χ0v) is 15.8. The normalized spacial score (nSPS) is 19.0. The van der Waals surface area contributed by atoms with E-state index < -0.39 is 17.6 Å². The summed E-state index contributed by atoms with van der Waals surface area (Å²) >= 11 is 0. The van der Waals surface area contributed by atoms with E-state index in [1.54, 1.807) is 4.90 Å². The van der Waals surface area contributed by atoms with Crippen molar-refractivity contribution in [3.63, 3.8) is 0 Å². The molecule has 3 rings (SSSR count). The number of carbonyl (C=O) groups excluding carboxylic acids is 2. The van der Waals surface area contributed by atoms with Gasteiger partial charge in [0.2, 0.25) is 5.91 Å². The molecule has 1 aromatic carbocycles. The Morgan fingerprint density at radius 3 is 2.32 bits per heavy atom. The molecule has 2 aliphatic heterocycles. The highest BCUT2D eigenvalue weighted by atomic mass is 19.4. The molecule has 2 fully saturated rings. The lowest BCUT2D eigenvalue weighted by atomic mass is 9.93. The first-order valence-corrected chi connectivity index (χ1v) is 9.79. The molecule has 8 heteroatoms. The minimum absolute atomic E-state index is 0.0282. The van der Waals surface area contributed by atoms with Crippen LogP contribution in [0.1, 0.15) is 41.6 Å². The first-order chi connectivity index (χ1) is 13.3. The van der Waals surface area contributed by atoms with Gasteiger partial charge in [-0.25, -0.2) is 0 Å². The van der Waals surface area contributed by atoms with Gasteiger partial charge in [0.05, 0.1) is 5.56 Å². The summed E-state index contributed by atoms with van der Waals surface area (Å²) in [5.41, 5.74) is -0.800. The van der Waals surface area contributed by atoms with Gasteiger partial charge in [-0.05, 0) is 56.5 Å². The third-order valence-electron chi connectivity index (χ3n) is 5.58. The second kappa shape index (κ2) is 8.94. The van der Waals surface area contributed by atoms with Crippen molar-refractivity contribution in [2.24, 2.45) is 5.92 Å². The fourth-order valence-corrected chi connectivity index (χ4v) is 3.83. The number of hydrogen-bond donors (Lipinski definition) is 1. The fourth-order valence-electron chi connectivity index (χ4n) is 3.83. The summed E-state index contributed by atoms with van der Waals surface area (Å²) in [4.78, 5) is 28.2. The van der Waals surface area contributed by atoms with Crippen molar-refractivity contribution in [3.8, 4) is 0 Å². The SMILES string of the molecule is O=C(CCC1CCNCC1)N1CCN(C(=O)c2cccc(C(F)(F)F)c2)CC1. The number of amides is 2. The van der Waals surface area contributed by atoms with Gasteiger partial charge in [0.15, 0.2) is 0 Å². The summed E-state index contributed by atoms with van der Waals surface area (Å²) in [6.07, 6.45) is -0.856. The summed E-state index contributed by atoms with van der Waals surface area (Å²) < 4.78 is 38.5. The third kappa shape index (κ3) is 5.25. The molecule has 0 bridgehead atoms. The number of piperazine rings is 1. The van der Waals surface area contributed by atoms with E-state index in [0.717, 1.165) is 44.5 Å². The monoisotopic (exact) mass is 397 g/mol. The van der Waals surface area contributed by atoms with Crippen LogP contribution in [0.2, 0.25) is 0 Å². The van der Waals surface area contributed by atoms with Gasteiger partial charge in [-0.1, -0.05) is 6.07 Å². The highest BCUT2D eigenvalue weighted by molar-refractivity contribution is 5.94. The summed E-state index contributed by atoms with van der Waals surface area (Å²) in [6, 6.07) is 4.49. The van der Waals surface area contributed by atoms with Crippen LogP contribution < -0.4 is 5.32 Å². The Hall–Kier alpha value is -2.09. The van der Waals surface area contributed by atoms with Crippen LogP contribution in [-0.2, 0) is 11.0 Å². The van der Waals surface area contributed by atoms with Crippen LogP contribution in [0, 0.1) is 5.92 Å². The first-order valence-electron chi connectivity index (χ1n) is 9.79. The lowest BCUT2D eigenvalue weighted by molar-refractivity contribution is -0.137. The minimum atomic E-state index is -4.48. The van der Waals surface area contributed by atoms with E-state index >= 15 is 0 Å². The number of carbonyl (C=O) groups is 2. The molecule has 5 nitrogen and oxygen atoms in total. The molecule has 2 amide bonds. The van der Waals surface area contributed by atoms with Gasteiger partial charge in [0.1, 0.15) is 0 Å². The van der Waals surface area contributed by atoms with Crippen LogP contribution >= 0.6 is 0 Å². The van der Waals surface area contributed by atoms with Crippen molar-refractivity contribution in [3.05, 3.63) is 35.4 Å². The standard InChI is InChI=1S/C20H26F3N3O2/c21-20(22,23)17-3-1-2-16(14-17)19(28)26-12-10-25(11-13-26)18(27)5-4-15-6-8-24-9-7-15/h1-3,14-15,24H,4-13H2. The van der Waals surface area contributed by atoms with Gasteiger partial charge >= 0.3 is 6.18 Å². The average Bonchev–Trinajstić information content (AvgIpc) is 2.72. The van der Waals surface area contributed by atoms with E-state index in [-0.39, 0.29) is 11.5 Å². The fraction of sp³-hybridized carbons (Fsp3) is 0.600. The van der Waals surface area contributed by atoms with Gasteiger partial charge in [0.25, 0.3) is 5.91 Å². The summed E-state index contributed by atoms with van der Waals surface area (Å²) in [6.45, 7) is 3.55. The smallest absolute Gasteiger partial charge is 0.339 e. The lowest BCUT2D eigenvalue weighted by Gasteiger charge is -2.35. The Morgan fingerprint density at radius 1 is 1.04 bits per heavy atom. The molecule has 0 atom stereocenters. The molecular formula is C20H26F3N3O2. The summed E-state index contributed by atoms with van der Waals surface area (Å²) in [5.74, 6) is 0.270. The summed E-state index contributed by atoms with van der Waals surface area (Å²) in [7, 11) is 0. The second-order valence-electron chi connectivity index (χ2n) is 7.48. The number of nitrogens with one attached hydrogen (secondary N) is 1. The Morgan fingerprint density at radius 2 is 1.68 bits per heavy atom. The number of halogens is 3. The van der Waals surface area contributed by atoms with Crippen molar-refractivity contribution in [2.45, 2.75) is 31.9 Å². The molecule has 2 saturated heterocycles. The largest absolute Gasteiger partial charge is 0.416 e. The highest BCUT2D eigenvalue weighted by Gasteiger charge is 2.32. The van der Waals surface area contributed by atoms with E-state index in [1.807, 2.05) is 0 Å². The zero-order valence-electron chi connectivity index (χ0n) is 15.8. The minimum Gasteiger partial charge on any atom is -0.339 e. The van der Waals surface area contributed by atoms with Crippen LogP contribution in [0.25, 0.3) is 0 Å². The maximum atomic E-state index is 12.8. The molecule has 0 aromatic heterocycles. The third-order valence-corrected chi connectivity index (χ3v) is 5.58. The van der Waals surface area contributed by atoms with Gasteiger partial charge in [-0.2, -0.15) is 13.2 Å². The Labute approximate surface area is 162 Å². The van der Waals surface area contributed by atoms with Crippen molar-refractivity contribution in [2.75, 3.05) is 39.3 Å². The van der Waals surface area contributed by atoms with Crippen LogP contribution in [0.4, 0.5) is 13.2 Å². The Balaban J connectivity index is 1.49.